The molecule has 0 saturated heterocycles. The largest absolute Gasteiger partial charge is 0.411 e. The van der Waals surface area contributed by atoms with Gasteiger partial charge in [0, 0.05) is 0 Å². The molecule has 0 radical (unpaired) electrons. The third-order valence-corrected chi connectivity index (χ3v) is 3.15. The molecule has 0 nitrogen and oxygen atoms in total. The van der Waals surface area contributed by atoms with Crippen molar-refractivity contribution in [2.45, 2.75) is 17.8 Å². The zero-order valence-corrected chi connectivity index (χ0v) is 10.4. The molecule has 0 saturated carbocycles. The first-order valence-electron chi connectivity index (χ1n) is 6.78. The van der Waals surface area contributed by atoms with Gasteiger partial charge in [-0.3, -0.25) is 0 Å². The average Bonchev–Trinajstić information content (AvgIpc) is 2.40. The van der Waals surface area contributed by atoms with Crippen molar-refractivity contribution >= 4 is 0 Å². The number of halogens is 6. The van der Waals surface area contributed by atoms with Crippen LogP contribution < -0.4 is 0 Å². The van der Waals surface area contributed by atoms with Gasteiger partial charge in [0.05, 0.1) is 2.74 Å². The third-order valence-electron chi connectivity index (χ3n) is 3.15. The molecule has 2 aromatic rings. The SMILES string of the molecule is [3H]c1ccc(C(c2ccc([3H])cc2)(C(F)(F)F)C(F)(F)F)cc1. The Balaban J connectivity index is 2.86. The van der Waals surface area contributed by atoms with E-state index in [0.717, 1.165) is 24.3 Å². The fraction of sp³-hybridized carbons (Fsp3) is 0.200. The first-order chi connectivity index (χ1) is 10.5. The van der Waals surface area contributed by atoms with Crippen molar-refractivity contribution in [2.24, 2.45) is 0 Å². The maximum atomic E-state index is 13.6. The van der Waals surface area contributed by atoms with Gasteiger partial charge < -0.3 is 0 Å². The molecular weight excluding hydrogens is 294 g/mol. The number of benzene rings is 2. The minimum Gasteiger partial charge on any atom is -0.169 e. The van der Waals surface area contributed by atoms with Crippen molar-refractivity contribution in [3.63, 3.8) is 0 Å². The molecular formula is C15H10F6. The first-order valence-corrected chi connectivity index (χ1v) is 5.78. The van der Waals surface area contributed by atoms with Crippen molar-refractivity contribution in [3.8, 4) is 0 Å². The van der Waals surface area contributed by atoms with E-state index in [1.54, 1.807) is 0 Å². The van der Waals surface area contributed by atoms with E-state index in [4.69, 9.17) is 2.74 Å². The summed E-state index contributed by atoms with van der Waals surface area (Å²) >= 11 is 0. The van der Waals surface area contributed by atoms with Gasteiger partial charge in [0.2, 0.25) is 5.41 Å². The van der Waals surface area contributed by atoms with Crippen LogP contribution in [0.25, 0.3) is 0 Å². The minimum absolute atomic E-state index is 0.200. The maximum Gasteiger partial charge on any atom is 0.411 e. The number of hydrogen-bond donors (Lipinski definition) is 0. The fourth-order valence-electron chi connectivity index (χ4n) is 2.26. The van der Waals surface area contributed by atoms with Crippen LogP contribution >= 0.6 is 0 Å². The second-order valence-electron chi connectivity index (χ2n) is 4.32. The molecule has 21 heavy (non-hydrogen) atoms. The van der Waals surface area contributed by atoms with Gasteiger partial charge in [-0.2, -0.15) is 26.3 Å². The summed E-state index contributed by atoms with van der Waals surface area (Å²) in [5, 5.41) is 0. The van der Waals surface area contributed by atoms with Gasteiger partial charge in [-0.25, -0.2) is 0 Å². The van der Waals surface area contributed by atoms with E-state index in [1.165, 1.54) is 0 Å². The molecule has 0 heterocycles. The lowest BCUT2D eigenvalue weighted by atomic mass is 9.73. The van der Waals surface area contributed by atoms with Crippen molar-refractivity contribution < 1.29 is 29.1 Å². The number of hydrogen-bond acceptors (Lipinski definition) is 0. The summed E-state index contributed by atoms with van der Waals surface area (Å²) in [5.41, 5.74) is -6.26. The topological polar surface area (TPSA) is 0 Å². The van der Waals surface area contributed by atoms with Crippen LogP contribution in [0.5, 0.6) is 0 Å². The van der Waals surface area contributed by atoms with Gasteiger partial charge in [-0.1, -0.05) is 60.6 Å². The molecule has 0 aliphatic rings. The lowest BCUT2D eigenvalue weighted by Gasteiger charge is -2.38. The van der Waals surface area contributed by atoms with Crippen molar-refractivity contribution in [1.82, 2.24) is 0 Å². The van der Waals surface area contributed by atoms with Crippen LogP contribution in [0, 0.1) is 0 Å². The predicted octanol–water partition coefficient (Wildman–Crippen LogP) is 5.10. The predicted molar refractivity (Wildman–Crippen MR) is 65.8 cm³/mol. The normalized spacial score (nSPS) is 14.6. The van der Waals surface area contributed by atoms with Gasteiger partial charge in [0.1, 0.15) is 0 Å². The Kier molecular flexibility index (Phi) is 3.09. The molecule has 0 bridgehead atoms. The Hall–Kier alpha value is -1.98. The summed E-state index contributed by atoms with van der Waals surface area (Å²) in [6, 6.07) is 5.70. The van der Waals surface area contributed by atoms with Gasteiger partial charge in [-0.05, 0) is 11.1 Å². The molecule has 0 spiro atoms. The zero-order chi connectivity index (χ0) is 17.5. The molecule has 0 aromatic heterocycles. The van der Waals surface area contributed by atoms with Crippen molar-refractivity contribution in [3.05, 3.63) is 71.7 Å². The molecule has 0 atom stereocenters. The Morgan fingerprint density at radius 3 is 1.14 bits per heavy atom. The number of alkyl halides is 6. The van der Waals surface area contributed by atoms with Crippen LogP contribution in [0.15, 0.2) is 60.6 Å². The van der Waals surface area contributed by atoms with Crippen LogP contribution in [0.1, 0.15) is 13.9 Å². The smallest absolute Gasteiger partial charge is 0.169 e. The zero-order valence-electron chi connectivity index (χ0n) is 12.4. The quantitative estimate of drug-likeness (QED) is 0.677. The fourth-order valence-corrected chi connectivity index (χ4v) is 2.26. The van der Waals surface area contributed by atoms with Crippen LogP contribution in [0.2, 0.25) is 0 Å². The van der Waals surface area contributed by atoms with E-state index in [0.29, 0.717) is 24.3 Å². The van der Waals surface area contributed by atoms with Gasteiger partial charge in [0.25, 0.3) is 0 Å². The van der Waals surface area contributed by atoms with E-state index in [2.05, 4.69) is 0 Å². The Morgan fingerprint density at radius 2 is 0.905 bits per heavy atom. The standard InChI is InChI=1S/C15H10F6/c16-14(17,18)13(15(19,20)21,11-7-3-1-4-8-11)12-9-5-2-6-10-12/h1-10H/i1T,2T. The highest BCUT2D eigenvalue weighted by atomic mass is 19.4. The molecule has 2 aromatic carbocycles. The molecule has 0 fully saturated rings. The highest BCUT2D eigenvalue weighted by molar-refractivity contribution is 5.43. The van der Waals surface area contributed by atoms with Crippen molar-refractivity contribution in [1.29, 1.82) is 0 Å². The van der Waals surface area contributed by atoms with E-state index in [1.807, 2.05) is 0 Å². The Labute approximate surface area is 119 Å². The average molecular weight is 308 g/mol. The van der Waals surface area contributed by atoms with Gasteiger partial charge >= 0.3 is 12.4 Å². The van der Waals surface area contributed by atoms with Crippen molar-refractivity contribution in [2.75, 3.05) is 0 Å². The van der Waals surface area contributed by atoms with Gasteiger partial charge in [0.15, 0.2) is 0 Å². The summed E-state index contributed by atoms with van der Waals surface area (Å²) in [6.07, 6.45) is -11.3. The molecule has 112 valence electrons. The summed E-state index contributed by atoms with van der Waals surface area (Å²) in [4.78, 5) is 0. The maximum absolute atomic E-state index is 13.6. The summed E-state index contributed by atoms with van der Waals surface area (Å²) < 4.78 is 96.3. The second kappa shape index (κ2) is 5.09. The van der Waals surface area contributed by atoms with E-state index in [-0.39, 0.29) is 12.1 Å². The third kappa shape index (κ3) is 2.39. The van der Waals surface area contributed by atoms with Crippen LogP contribution in [-0.2, 0) is 5.41 Å². The minimum atomic E-state index is -5.65. The Morgan fingerprint density at radius 1 is 0.619 bits per heavy atom. The summed E-state index contributed by atoms with van der Waals surface area (Å²) in [7, 11) is 0. The molecule has 0 amide bonds. The highest BCUT2D eigenvalue weighted by Gasteiger charge is 2.72. The molecule has 0 N–H and O–H groups in total. The van der Waals surface area contributed by atoms with E-state index in [9.17, 15) is 26.3 Å². The van der Waals surface area contributed by atoms with E-state index >= 15 is 0 Å². The van der Waals surface area contributed by atoms with Crippen LogP contribution in [0.4, 0.5) is 26.3 Å². The number of rotatable bonds is 2. The molecule has 0 aliphatic heterocycles. The first kappa shape index (κ1) is 12.7. The molecule has 0 aliphatic carbocycles. The van der Waals surface area contributed by atoms with E-state index < -0.39 is 28.9 Å². The molecule has 0 unspecified atom stereocenters. The lowest BCUT2D eigenvalue weighted by Crippen LogP contribution is -2.54. The molecule has 6 heteroatoms. The highest BCUT2D eigenvalue weighted by Crippen LogP contribution is 2.55. The van der Waals surface area contributed by atoms with Crippen LogP contribution in [0.3, 0.4) is 0 Å². The van der Waals surface area contributed by atoms with Crippen LogP contribution in [-0.4, -0.2) is 12.4 Å². The monoisotopic (exact) mass is 308 g/mol. The van der Waals surface area contributed by atoms with Gasteiger partial charge in [-0.15, -0.1) is 0 Å². The molecule has 2 rings (SSSR count). The summed E-state index contributed by atoms with van der Waals surface area (Å²) in [6.45, 7) is 0. The lowest BCUT2D eigenvalue weighted by molar-refractivity contribution is -0.288. The second-order valence-corrected chi connectivity index (χ2v) is 4.32. The Bertz CT molecular complexity index is 610. The summed E-state index contributed by atoms with van der Waals surface area (Å²) in [5.74, 6) is 0.